The number of nitrogens with two attached hydrogens (primary N) is 1. The zero-order valence-electron chi connectivity index (χ0n) is 28.6. The molecular weight excluding hydrogens is 602 g/mol. The fourth-order valence-corrected chi connectivity index (χ4v) is 5.85. The van der Waals surface area contributed by atoms with Crippen molar-refractivity contribution in [1.29, 1.82) is 0 Å². The van der Waals surface area contributed by atoms with Crippen LogP contribution in [0.4, 0.5) is 0 Å². The van der Waals surface area contributed by atoms with Gasteiger partial charge in [0, 0.05) is 19.4 Å². The number of primary amides is 1. The topological polar surface area (TPSA) is 191 Å². The summed E-state index contributed by atoms with van der Waals surface area (Å²) in [5.74, 6) is -3.02. The average molecular weight is 660 g/mol. The first-order chi connectivity index (χ1) is 22.3. The van der Waals surface area contributed by atoms with Crippen LogP contribution in [0.25, 0.3) is 0 Å². The summed E-state index contributed by atoms with van der Waals surface area (Å²) in [6.45, 7) is 7.37. The molecule has 1 aliphatic rings. The minimum Gasteiger partial charge on any atom is -0.508 e. The number of carbonyl (C=O) groups excluding carboxylic acids is 5. The largest absolute Gasteiger partial charge is 0.508 e. The number of nitrogens with one attached hydrogen (secondary N) is 3. The maximum Gasteiger partial charge on any atom is 0.248 e. The molecule has 0 aromatic heterocycles. The van der Waals surface area contributed by atoms with Gasteiger partial charge in [0.05, 0.1) is 6.10 Å². The van der Waals surface area contributed by atoms with E-state index in [1.165, 1.54) is 56.1 Å². The highest BCUT2D eigenvalue weighted by Gasteiger charge is 2.41. The van der Waals surface area contributed by atoms with Crippen molar-refractivity contribution in [2.45, 2.75) is 141 Å². The summed E-state index contributed by atoms with van der Waals surface area (Å²) in [7, 11) is 0. The monoisotopic (exact) mass is 659 g/mol. The molecule has 1 aromatic rings. The maximum atomic E-state index is 13.7. The van der Waals surface area contributed by atoms with Crippen molar-refractivity contribution in [3.63, 3.8) is 0 Å². The second-order valence-electron chi connectivity index (χ2n) is 13.1. The lowest BCUT2D eigenvalue weighted by atomic mass is 10.0. The van der Waals surface area contributed by atoms with E-state index in [1.54, 1.807) is 26.0 Å². The third kappa shape index (κ3) is 13.5. The standard InChI is InChI=1S/C35H57N5O7/c1-5-6-7-8-9-10-11-12-13-16-29(43)38-30(23(2)3)34(46)39-31(24(4)41)35(47)40-21-14-15-28(40)33(45)37-27(32(36)44)22-25-17-19-26(42)20-18-25/h17-20,23-24,27-28,30-31,41-42H,5-16,21-22H2,1-4H3,(H2,36,44)(H,37,45)(H,38,43)(H,39,46)/t24-,27+,28+,30+,31+/m1/s1. The van der Waals surface area contributed by atoms with Crippen LogP contribution in [0.3, 0.4) is 0 Å². The Bertz CT molecular complexity index is 1160. The second kappa shape index (κ2) is 20.5. The predicted octanol–water partition coefficient (Wildman–Crippen LogP) is 2.82. The summed E-state index contributed by atoms with van der Waals surface area (Å²) < 4.78 is 0. The first-order valence-corrected chi connectivity index (χ1v) is 17.3. The van der Waals surface area contributed by atoms with Gasteiger partial charge in [-0.1, -0.05) is 84.3 Å². The number of likely N-dealkylation sites (tertiary alicyclic amines) is 1. The van der Waals surface area contributed by atoms with Gasteiger partial charge in [-0.25, -0.2) is 0 Å². The fourth-order valence-electron chi connectivity index (χ4n) is 5.85. The number of aliphatic hydroxyl groups is 1. The zero-order chi connectivity index (χ0) is 34.9. The van der Waals surface area contributed by atoms with Crippen LogP contribution in [-0.2, 0) is 30.4 Å². The molecule has 5 atom stereocenters. The minimum atomic E-state index is -1.35. The summed E-state index contributed by atoms with van der Waals surface area (Å²) in [6.07, 6.45) is 10.1. The molecule has 5 amide bonds. The van der Waals surface area contributed by atoms with Crippen LogP contribution in [0, 0.1) is 5.92 Å². The predicted molar refractivity (Wildman–Crippen MR) is 180 cm³/mol. The van der Waals surface area contributed by atoms with Crippen molar-refractivity contribution < 1.29 is 34.2 Å². The van der Waals surface area contributed by atoms with E-state index in [0.717, 1.165) is 25.7 Å². The van der Waals surface area contributed by atoms with Gasteiger partial charge in [-0.05, 0) is 49.8 Å². The SMILES string of the molecule is CCCCCCCCCCCC(=O)N[C@H](C(=O)N[C@H](C(=O)N1CCC[C@H]1C(=O)N[C@@H](Cc1ccc(O)cc1)C(N)=O)[C@@H](C)O)C(C)C. The summed E-state index contributed by atoms with van der Waals surface area (Å²) in [5, 5.41) is 28.1. The van der Waals surface area contributed by atoms with Gasteiger partial charge in [-0.3, -0.25) is 24.0 Å². The number of hydrogen-bond acceptors (Lipinski definition) is 7. The number of nitrogens with zero attached hydrogens (tertiary/aromatic N) is 1. The molecule has 0 bridgehead atoms. The lowest BCUT2D eigenvalue weighted by Gasteiger charge is -2.32. The molecule has 264 valence electrons. The molecule has 0 aliphatic carbocycles. The van der Waals surface area contributed by atoms with Crippen LogP contribution in [0.1, 0.15) is 110 Å². The Kier molecular flexibility index (Phi) is 17.3. The number of rotatable bonds is 21. The van der Waals surface area contributed by atoms with E-state index in [1.807, 2.05) is 0 Å². The molecule has 0 saturated carbocycles. The number of benzene rings is 1. The Morgan fingerprint density at radius 2 is 1.47 bits per heavy atom. The fraction of sp³-hybridized carbons (Fsp3) is 0.686. The van der Waals surface area contributed by atoms with Gasteiger partial charge < -0.3 is 36.8 Å². The van der Waals surface area contributed by atoms with Crippen molar-refractivity contribution in [3.8, 4) is 5.75 Å². The number of aromatic hydroxyl groups is 1. The number of aliphatic hydroxyl groups excluding tert-OH is 1. The number of phenols is 1. The smallest absolute Gasteiger partial charge is 0.248 e. The molecule has 0 spiro atoms. The Morgan fingerprint density at radius 3 is 2.02 bits per heavy atom. The average Bonchev–Trinajstić information content (AvgIpc) is 3.52. The maximum absolute atomic E-state index is 13.7. The molecule has 7 N–H and O–H groups in total. The van der Waals surface area contributed by atoms with Crippen LogP contribution in [0.2, 0.25) is 0 Å². The van der Waals surface area contributed by atoms with Crippen molar-refractivity contribution in [3.05, 3.63) is 29.8 Å². The third-order valence-electron chi connectivity index (χ3n) is 8.69. The van der Waals surface area contributed by atoms with E-state index in [-0.39, 0.29) is 30.5 Å². The summed E-state index contributed by atoms with van der Waals surface area (Å²) >= 11 is 0. The van der Waals surface area contributed by atoms with Crippen LogP contribution < -0.4 is 21.7 Å². The molecule has 1 fully saturated rings. The van der Waals surface area contributed by atoms with Crippen molar-refractivity contribution in [2.24, 2.45) is 11.7 Å². The van der Waals surface area contributed by atoms with Crippen LogP contribution >= 0.6 is 0 Å². The van der Waals surface area contributed by atoms with Gasteiger partial charge in [-0.15, -0.1) is 0 Å². The quantitative estimate of drug-likeness (QED) is 0.109. The molecule has 1 aliphatic heterocycles. The van der Waals surface area contributed by atoms with E-state index >= 15 is 0 Å². The first-order valence-electron chi connectivity index (χ1n) is 17.3. The Labute approximate surface area is 279 Å². The van der Waals surface area contributed by atoms with Crippen LogP contribution in [0.15, 0.2) is 24.3 Å². The number of amides is 5. The van der Waals surface area contributed by atoms with E-state index < -0.39 is 53.9 Å². The molecule has 1 heterocycles. The number of carbonyl (C=O) groups is 5. The number of phenolic OH excluding ortho intramolecular Hbond substituents is 1. The molecule has 0 radical (unpaired) electrons. The summed E-state index contributed by atoms with van der Waals surface area (Å²) in [5.41, 5.74) is 6.23. The molecule has 12 heteroatoms. The lowest BCUT2D eigenvalue weighted by molar-refractivity contribution is -0.144. The van der Waals surface area contributed by atoms with E-state index in [4.69, 9.17) is 5.73 Å². The zero-order valence-corrected chi connectivity index (χ0v) is 28.6. The molecule has 12 nitrogen and oxygen atoms in total. The molecule has 1 saturated heterocycles. The molecule has 47 heavy (non-hydrogen) atoms. The van der Waals surface area contributed by atoms with Crippen molar-refractivity contribution in [2.75, 3.05) is 6.54 Å². The van der Waals surface area contributed by atoms with E-state index in [2.05, 4.69) is 22.9 Å². The van der Waals surface area contributed by atoms with Gasteiger partial charge in [0.1, 0.15) is 29.9 Å². The molecule has 2 rings (SSSR count). The van der Waals surface area contributed by atoms with Crippen molar-refractivity contribution >= 4 is 29.5 Å². The summed E-state index contributed by atoms with van der Waals surface area (Å²) in [4.78, 5) is 66.5. The minimum absolute atomic E-state index is 0.0597. The van der Waals surface area contributed by atoms with Gasteiger partial charge >= 0.3 is 0 Å². The molecular formula is C35H57N5O7. The Hall–Kier alpha value is -3.67. The highest BCUT2D eigenvalue weighted by atomic mass is 16.3. The van der Waals surface area contributed by atoms with Gasteiger partial charge in [0.15, 0.2) is 0 Å². The normalized spacial score (nSPS) is 17.1. The molecule has 1 aromatic carbocycles. The van der Waals surface area contributed by atoms with E-state index in [0.29, 0.717) is 24.8 Å². The summed E-state index contributed by atoms with van der Waals surface area (Å²) in [6, 6.07) is 1.90. The van der Waals surface area contributed by atoms with Crippen molar-refractivity contribution in [1.82, 2.24) is 20.9 Å². The van der Waals surface area contributed by atoms with E-state index in [9.17, 15) is 34.2 Å². The van der Waals surface area contributed by atoms with Crippen LogP contribution in [-0.4, -0.2) is 81.5 Å². The van der Waals surface area contributed by atoms with Gasteiger partial charge in [-0.2, -0.15) is 0 Å². The van der Waals surface area contributed by atoms with Crippen LogP contribution in [0.5, 0.6) is 5.75 Å². The second-order valence-corrected chi connectivity index (χ2v) is 13.1. The molecule has 0 unspecified atom stereocenters. The number of hydrogen-bond donors (Lipinski definition) is 6. The highest BCUT2D eigenvalue weighted by Crippen LogP contribution is 2.21. The highest BCUT2D eigenvalue weighted by molar-refractivity contribution is 5.96. The van der Waals surface area contributed by atoms with Gasteiger partial charge in [0.2, 0.25) is 29.5 Å². The Balaban J connectivity index is 1.96. The number of unbranched alkanes of at least 4 members (excludes halogenated alkanes) is 8. The first kappa shape index (κ1) is 39.5. The lowest BCUT2D eigenvalue weighted by Crippen LogP contribution is -2.61. The third-order valence-corrected chi connectivity index (χ3v) is 8.69. The Morgan fingerprint density at radius 1 is 0.872 bits per heavy atom. The van der Waals surface area contributed by atoms with Gasteiger partial charge in [0.25, 0.3) is 0 Å².